The Balaban J connectivity index is 2.35. The van der Waals surface area contributed by atoms with Crippen molar-refractivity contribution >= 4 is 14.4 Å². The highest BCUT2D eigenvalue weighted by Gasteiger charge is 2.60. The molecule has 0 N–H and O–H groups in total. The van der Waals surface area contributed by atoms with E-state index in [0.29, 0.717) is 6.61 Å². The second-order valence-electron chi connectivity index (χ2n) is 11.0. The molecule has 0 aromatic heterocycles. The molecule has 0 aromatic carbocycles. The molecule has 2 saturated heterocycles. The number of rotatable bonds is 4. The van der Waals surface area contributed by atoms with Crippen molar-refractivity contribution in [3.8, 4) is 6.07 Å². The van der Waals surface area contributed by atoms with Gasteiger partial charge in [0.15, 0.2) is 14.1 Å². The van der Waals surface area contributed by atoms with Crippen LogP contribution in [0.1, 0.15) is 61.8 Å². The Bertz CT molecular complexity index is 659. The zero-order chi connectivity index (χ0) is 22.4. The van der Waals surface area contributed by atoms with E-state index < -0.39 is 31.8 Å². The van der Waals surface area contributed by atoms with Crippen LogP contribution in [0.5, 0.6) is 0 Å². The van der Waals surface area contributed by atoms with E-state index in [4.69, 9.17) is 18.6 Å². The molecule has 0 aromatic rings. The summed E-state index contributed by atoms with van der Waals surface area (Å²) in [6.45, 7) is 20.4. The van der Waals surface area contributed by atoms with E-state index >= 15 is 0 Å². The van der Waals surface area contributed by atoms with Crippen molar-refractivity contribution in [2.24, 2.45) is 0 Å². The lowest BCUT2D eigenvalue weighted by molar-refractivity contribution is -0.168. The van der Waals surface area contributed by atoms with E-state index in [1.807, 2.05) is 34.6 Å². The minimum absolute atomic E-state index is 0.0418. The van der Waals surface area contributed by atoms with Crippen molar-refractivity contribution in [2.75, 3.05) is 6.61 Å². The zero-order valence-corrected chi connectivity index (χ0v) is 20.7. The molecule has 0 spiro atoms. The van der Waals surface area contributed by atoms with Gasteiger partial charge >= 0.3 is 6.09 Å². The van der Waals surface area contributed by atoms with Gasteiger partial charge in [-0.2, -0.15) is 5.26 Å². The Morgan fingerprint density at radius 2 is 1.62 bits per heavy atom. The van der Waals surface area contributed by atoms with E-state index in [1.54, 1.807) is 4.90 Å². The molecule has 0 aliphatic carbocycles. The van der Waals surface area contributed by atoms with Crippen molar-refractivity contribution in [1.29, 1.82) is 5.26 Å². The van der Waals surface area contributed by atoms with Gasteiger partial charge in [-0.15, -0.1) is 0 Å². The van der Waals surface area contributed by atoms with Gasteiger partial charge in [0, 0.05) is 0 Å². The molecule has 2 fully saturated rings. The number of nitriles is 1. The lowest BCUT2D eigenvalue weighted by Gasteiger charge is -2.39. The van der Waals surface area contributed by atoms with Gasteiger partial charge < -0.3 is 18.6 Å². The summed E-state index contributed by atoms with van der Waals surface area (Å²) in [6, 6.07) is 1.39. The summed E-state index contributed by atoms with van der Waals surface area (Å²) in [5, 5.41) is 9.45. The Hall–Kier alpha value is -1.14. The maximum Gasteiger partial charge on any atom is 0.411 e. The molecule has 0 saturated carbocycles. The Labute approximate surface area is 176 Å². The van der Waals surface area contributed by atoms with Gasteiger partial charge in [0.05, 0.1) is 31.2 Å². The standard InChI is InChI=1S/C21H38N2O5Si/c1-19(2,3)28-18(24)23-14(11-12-22)16-17(27-21(7,8)26-16)15(23)13-25-29(9,10)20(4,5)6/h14-17H,11,13H2,1-10H3/t14-,15+,16?,17-/m0/s1. The summed E-state index contributed by atoms with van der Waals surface area (Å²) >= 11 is 0. The van der Waals surface area contributed by atoms with Crippen LogP contribution in [0, 0.1) is 11.3 Å². The van der Waals surface area contributed by atoms with Crippen LogP contribution in [0.15, 0.2) is 0 Å². The Kier molecular flexibility index (Phi) is 6.52. The smallest absolute Gasteiger partial charge is 0.411 e. The third-order valence-corrected chi connectivity index (χ3v) is 10.5. The molecular formula is C21H38N2O5Si. The predicted molar refractivity (Wildman–Crippen MR) is 113 cm³/mol. The molecule has 2 heterocycles. The van der Waals surface area contributed by atoms with Crippen LogP contribution in [0.4, 0.5) is 4.79 Å². The maximum absolute atomic E-state index is 13.1. The Morgan fingerprint density at radius 3 is 2.07 bits per heavy atom. The SMILES string of the molecule is CC(C)(C)OC(=O)N1[C@H](CO[Si](C)(C)C(C)(C)C)[C@@H]2OC(C)(C)OC2[C@@H]1CC#N. The molecule has 1 unspecified atom stereocenters. The fourth-order valence-corrected chi connectivity index (χ4v) is 4.57. The van der Waals surface area contributed by atoms with E-state index in [2.05, 4.69) is 39.9 Å². The van der Waals surface area contributed by atoms with Crippen LogP contribution in [0.3, 0.4) is 0 Å². The molecule has 0 radical (unpaired) electrons. The zero-order valence-electron chi connectivity index (χ0n) is 19.7. The van der Waals surface area contributed by atoms with Crippen LogP contribution >= 0.6 is 0 Å². The third kappa shape index (κ3) is 5.32. The van der Waals surface area contributed by atoms with E-state index in [1.165, 1.54) is 0 Å². The highest BCUT2D eigenvalue weighted by Crippen LogP contribution is 2.43. The fraction of sp³-hybridized carbons (Fsp3) is 0.905. The molecule has 29 heavy (non-hydrogen) atoms. The minimum Gasteiger partial charge on any atom is -0.444 e. The average molecular weight is 427 g/mol. The van der Waals surface area contributed by atoms with Crippen molar-refractivity contribution in [3.05, 3.63) is 0 Å². The first-order valence-electron chi connectivity index (χ1n) is 10.4. The van der Waals surface area contributed by atoms with E-state index in [-0.39, 0.29) is 29.7 Å². The minimum atomic E-state index is -2.04. The van der Waals surface area contributed by atoms with Crippen LogP contribution in [0.25, 0.3) is 0 Å². The first-order chi connectivity index (χ1) is 13.0. The van der Waals surface area contributed by atoms with Crippen molar-refractivity contribution in [1.82, 2.24) is 4.90 Å². The first kappa shape index (κ1) is 24.1. The second kappa shape index (κ2) is 7.84. The highest BCUT2D eigenvalue weighted by atomic mass is 28.4. The highest BCUT2D eigenvalue weighted by molar-refractivity contribution is 6.74. The summed E-state index contributed by atoms with van der Waals surface area (Å²) in [6.07, 6.45) is -1.05. The van der Waals surface area contributed by atoms with Crippen molar-refractivity contribution in [2.45, 2.75) is 116 Å². The van der Waals surface area contributed by atoms with Gasteiger partial charge in [-0.25, -0.2) is 4.79 Å². The number of hydrogen-bond donors (Lipinski definition) is 0. The normalized spacial score (nSPS) is 29.5. The number of ether oxygens (including phenoxy) is 3. The maximum atomic E-state index is 13.1. The van der Waals surface area contributed by atoms with Crippen LogP contribution < -0.4 is 0 Å². The number of carbonyl (C=O) groups is 1. The number of amides is 1. The van der Waals surface area contributed by atoms with Crippen molar-refractivity contribution in [3.63, 3.8) is 0 Å². The second-order valence-corrected chi connectivity index (χ2v) is 15.8. The molecule has 1 amide bonds. The molecule has 0 bridgehead atoms. The molecule has 4 atom stereocenters. The summed E-state index contributed by atoms with van der Waals surface area (Å²) in [4.78, 5) is 14.7. The van der Waals surface area contributed by atoms with Gasteiger partial charge in [-0.3, -0.25) is 4.90 Å². The first-order valence-corrected chi connectivity index (χ1v) is 13.3. The molecule has 2 aliphatic rings. The molecule has 7 nitrogen and oxygen atoms in total. The molecule has 2 aliphatic heterocycles. The molecule has 2 rings (SSSR count). The summed E-state index contributed by atoms with van der Waals surface area (Å²) in [5.74, 6) is -0.766. The van der Waals surface area contributed by atoms with Crippen molar-refractivity contribution < 1.29 is 23.4 Å². The molecular weight excluding hydrogens is 388 g/mol. The lowest BCUT2D eigenvalue weighted by atomic mass is 10.1. The number of hydrogen-bond acceptors (Lipinski definition) is 6. The monoisotopic (exact) mass is 426 g/mol. The topological polar surface area (TPSA) is 81.0 Å². The number of nitrogens with zero attached hydrogens (tertiary/aromatic N) is 2. The van der Waals surface area contributed by atoms with E-state index in [9.17, 15) is 10.1 Å². The van der Waals surface area contributed by atoms with Gasteiger partial charge in [-0.05, 0) is 52.8 Å². The van der Waals surface area contributed by atoms with E-state index in [0.717, 1.165) is 0 Å². The fourth-order valence-electron chi connectivity index (χ4n) is 3.55. The summed E-state index contributed by atoms with van der Waals surface area (Å²) < 4.78 is 24.4. The van der Waals surface area contributed by atoms with Crippen LogP contribution in [-0.4, -0.2) is 61.6 Å². The summed E-state index contributed by atoms with van der Waals surface area (Å²) in [5.41, 5.74) is -0.641. The number of fused-ring (bicyclic) bond motifs is 1. The quantitative estimate of drug-likeness (QED) is 0.619. The summed E-state index contributed by atoms with van der Waals surface area (Å²) in [7, 11) is -2.04. The number of likely N-dealkylation sites (tertiary alicyclic amines) is 1. The van der Waals surface area contributed by atoms with Gasteiger partial charge in [0.25, 0.3) is 0 Å². The van der Waals surface area contributed by atoms with Gasteiger partial charge in [-0.1, -0.05) is 20.8 Å². The molecule has 8 heteroatoms. The largest absolute Gasteiger partial charge is 0.444 e. The van der Waals surface area contributed by atoms with Crippen LogP contribution in [0.2, 0.25) is 18.1 Å². The Morgan fingerprint density at radius 1 is 1.10 bits per heavy atom. The number of carbonyl (C=O) groups excluding carboxylic acids is 1. The van der Waals surface area contributed by atoms with Gasteiger partial charge in [0.1, 0.15) is 17.8 Å². The van der Waals surface area contributed by atoms with Crippen LogP contribution in [-0.2, 0) is 18.6 Å². The third-order valence-electron chi connectivity index (χ3n) is 5.96. The lowest BCUT2D eigenvalue weighted by Crippen LogP contribution is -2.52. The predicted octanol–water partition coefficient (Wildman–Crippen LogP) is 4.43. The molecule has 166 valence electrons. The van der Waals surface area contributed by atoms with Gasteiger partial charge in [0.2, 0.25) is 0 Å². The average Bonchev–Trinajstić information content (AvgIpc) is 2.94.